The number of hydrogen-bond donors (Lipinski definition) is 2. The Balaban J connectivity index is 2.49. The first-order chi connectivity index (χ1) is 6.07. The number of ether oxygens (including phenoxy) is 1. The quantitative estimate of drug-likeness (QED) is 0.686. The van der Waals surface area contributed by atoms with Crippen LogP contribution in [0.2, 0.25) is 0 Å². The summed E-state index contributed by atoms with van der Waals surface area (Å²) in [6.45, 7) is 5.62. The molecule has 0 bridgehead atoms. The van der Waals surface area contributed by atoms with Crippen molar-refractivity contribution >= 4 is 0 Å². The molecule has 1 fully saturated rings. The van der Waals surface area contributed by atoms with Gasteiger partial charge in [0.1, 0.15) is 0 Å². The first-order valence-corrected chi connectivity index (χ1v) is 5.06. The summed E-state index contributed by atoms with van der Waals surface area (Å²) >= 11 is 0. The molecule has 0 spiro atoms. The lowest BCUT2D eigenvalue weighted by Crippen LogP contribution is -2.48. The highest BCUT2D eigenvalue weighted by Gasteiger charge is 2.35. The largest absolute Gasteiger partial charge is 0.388 e. The zero-order chi connectivity index (χ0) is 9.90. The topological polar surface area (TPSA) is 41.5 Å². The van der Waals surface area contributed by atoms with Gasteiger partial charge in [0.2, 0.25) is 0 Å². The first kappa shape index (κ1) is 11.0. The van der Waals surface area contributed by atoms with Crippen LogP contribution >= 0.6 is 0 Å². The highest BCUT2D eigenvalue weighted by atomic mass is 16.5. The third-order valence-corrected chi connectivity index (χ3v) is 2.73. The van der Waals surface area contributed by atoms with E-state index < -0.39 is 5.60 Å². The van der Waals surface area contributed by atoms with Crippen LogP contribution < -0.4 is 5.32 Å². The minimum Gasteiger partial charge on any atom is -0.388 e. The van der Waals surface area contributed by atoms with Crippen molar-refractivity contribution in [3.63, 3.8) is 0 Å². The van der Waals surface area contributed by atoms with E-state index in [1.807, 2.05) is 7.05 Å². The maximum atomic E-state index is 10.1. The van der Waals surface area contributed by atoms with E-state index in [4.69, 9.17) is 4.74 Å². The average molecular weight is 187 g/mol. The first-order valence-electron chi connectivity index (χ1n) is 5.06. The maximum absolute atomic E-state index is 10.1. The Morgan fingerprint density at radius 2 is 2.31 bits per heavy atom. The molecule has 3 nitrogen and oxygen atoms in total. The van der Waals surface area contributed by atoms with Gasteiger partial charge in [0.05, 0.1) is 11.7 Å². The Morgan fingerprint density at radius 1 is 1.62 bits per heavy atom. The van der Waals surface area contributed by atoms with Gasteiger partial charge in [-0.3, -0.25) is 0 Å². The normalized spacial score (nSPS) is 35.3. The third kappa shape index (κ3) is 2.93. The number of aliphatic hydroxyl groups is 1. The molecule has 2 atom stereocenters. The molecule has 2 unspecified atom stereocenters. The minimum atomic E-state index is -0.554. The van der Waals surface area contributed by atoms with Crippen LogP contribution in [0.1, 0.15) is 26.7 Å². The van der Waals surface area contributed by atoms with E-state index in [1.165, 1.54) is 0 Å². The van der Waals surface area contributed by atoms with Gasteiger partial charge in [-0.05, 0) is 13.0 Å². The lowest BCUT2D eigenvalue weighted by Gasteiger charge is -2.38. The lowest BCUT2D eigenvalue weighted by atomic mass is 9.86. The van der Waals surface area contributed by atoms with Gasteiger partial charge in [0.25, 0.3) is 0 Å². The van der Waals surface area contributed by atoms with Gasteiger partial charge < -0.3 is 15.2 Å². The molecular formula is C10H21NO2. The molecule has 78 valence electrons. The van der Waals surface area contributed by atoms with Gasteiger partial charge in [-0.25, -0.2) is 0 Å². The van der Waals surface area contributed by atoms with E-state index >= 15 is 0 Å². The van der Waals surface area contributed by atoms with E-state index in [1.54, 1.807) is 0 Å². The fourth-order valence-corrected chi connectivity index (χ4v) is 1.85. The van der Waals surface area contributed by atoms with Gasteiger partial charge in [0.15, 0.2) is 0 Å². The van der Waals surface area contributed by atoms with Crippen molar-refractivity contribution in [2.45, 2.75) is 38.4 Å². The summed E-state index contributed by atoms with van der Waals surface area (Å²) in [6.07, 6.45) is 1.72. The molecule has 0 aliphatic carbocycles. The number of likely N-dealkylation sites (N-methyl/N-ethyl adjacent to an activating group) is 1. The molecule has 13 heavy (non-hydrogen) atoms. The summed E-state index contributed by atoms with van der Waals surface area (Å²) < 4.78 is 5.59. The summed E-state index contributed by atoms with van der Waals surface area (Å²) in [5, 5.41) is 13.2. The van der Waals surface area contributed by atoms with Gasteiger partial charge in [-0.1, -0.05) is 13.8 Å². The van der Waals surface area contributed by atoms with Crippen molar-refractivity contribution < 1.29 is 9.84 Å². The van der Waals surface area contributed by atoms with Gasteiger partial charge in [0, 0.05) is 26.0 Å². The summed E-state index contributed by atoms with van der Waals surface area (Å²) in [4.78, 5) is 0. The van der Waals surface area contributed by atoms with E-state index in [-0.39, 0.29) is 6.10 Å². The van der Waals surface area contributed by atoms with Crippen molar-refractivity contribution in [2.75, 3.05) is 20.2 Å². The Bertz CT molecular complexity index is 157. The molecule has 2 N–H and O–H groups in total. The molecular weight excluding hydrogens is 166 g/mol. The number of hydrogen-bond acceptors (Lipinski definition) is 3. The fraction of sp³-hybridized carbons (Fsp3) is 1.00. The third-order valence-electron chi connectivity index (χ3n) is 2.73. The molecule has 1 aliphatic rings. The average Bonchev–Trinajstić information content (AvgIpc) is 2.04. The highest BCUT2D eigenvalue weighted by molar-refractivity contribution is 4.88. The predicted molar refractivity (Wildman–Crippen MR) is 52.7 cm³/mol. The van der Waals surface area contributed by atoms with Crippen molar-refractivity contribution in [3.8, 4) is 0 Å². The standard InChI is InChI=1S/C10H21NO2/c1-8(2)9-6-10(12,7-11-3)4-5-13-9/h8-9,11-12H,4-7H2,1-3H3. The molecule has 3 heteroatoms. The molecule has 1 rings (SSSR count). The SMILES string of the molecule is CNCC1(O)CCOC(C(C)C)C1. The lowest BCUT2D eigenvalue weighted by molar-refractivity contribution is -0.114. The van der Waals surface area contributed by atoms with Crippen LogP contribution in [0.25, 0.3) is 0 Å². The Kier molecular flexibility index (Phi) is 3.71. The van der Waals surface area contributed by atoms with Crippen molar-refractivity contribution in [2.24, 2.45) is 5.92 Å². The van der Waals surface area contributed by atoms with Crippen molar-refractivity contribution in [3.05, 3.63) is 0 Å². The van der Waals surface area contributed by atoms with E-state index in [0.29, 0.717) is 19.1 Å². The molecule has 1 aliphatic heterocycles. The number of rotatable bonds is 3. The highest BCUT2D eigenvalue weighted by Crippen LogP contribution is 2.27. The molecule has 0 radical (unpaired) electrons. The van der Waals surface area contributed by atoms with Crippen molar-refractivity contribution in [1.29, 1.82) is 0 Å². The second-order valence-electron chi connectivity index (χ2n) is 4.36. The van der Waals surface area contributed by atoms with Crippen LogP contribution in [0.15, 0.2) is 0 Å². The summed E-state index contributed by atoms with van der Waals surface area (Å²) in [5.41, 5.74) is -0.554. The van der Waals surface area contributed by atoms with Gasteiger partial charge in [-0.15, -0.1) is 0 Å². The van der Waals surface area contributed by atoms with Crippen LogP contribution in [-0.4, -0.2) is 37.0 Å². The summed E-state index contributed by atoms with van der Waals surface area (Å²) in [5.74, 6) is 0.490. The fourth-order valence-electron chi connectivity index (χ4n) is 1.85. The van der Waals surface area contributed by atoms with Crippen LogP contribution in [0.4, 0.5) is 0 Å². The second-order valence-corrected chi connectivity index (χ2v) is 4.36. The van der Waals surface area contributed by atoms with Gasteiger partial charge >= 0.3 is 0 Å². The molecule has 1 heterocycles. The molecule has 0 aromatic carbocycles. The van der Waals surface area contributed by atoms with Gasteiger partial charge in [-0.2, -0.15) is 0 Å². The van der Waals surface area contributed by atoms with E-state index in [2.05, 4.69) is 19.2 Å². The van der Waals surface area contributed by atoms with Crippen molar-refractivity contribution in [1.82, 2.24) is 5.32 Å². The van der Waals surface area contributed by atoms with E-state index in [0.717, 1.165) is 12.8 Å². The minimum absolute atomic E-state index is 0.215. The maximum Gasteiger partial charge on any atom is 0.0818 e. The Labute approximate surface area is 80.5 Å². The zero-order valence-corrected chi connectivity index (χ0v) is 8.84. The predicted octanol–water partition coefficient (Wildman–Crippen LogP) is 0.772. The Hall–Kier alpha value is -0.120. The smallest absolute Gasteiger partial charge is 0.0818 e. The monoisotopic (exact) mass is 187 g/mol. The van der Waals surface area contributed by atoms with Crippen LogP contribution in [-0.2, 0) is 4.74 Å². The van der Waals surface area contributed by atoms with Crippen LogP contribution in [0, 0.1) is 5.92 Å². The van der Waals surface area contributed by atoms with Crippen LogP contribution in [0.5, 0.6) is 0 Å². The zero-order valence-electron chi connectivity index (χ0n) is 8.84. The Morgan fingerprint density at radius 3 is 2.85 bits per heavy atom. The number of nitrogens with one attached hydrogen (secondary N) is 1. The molecule has 0 aromatic rings. The second kappa shape index (κ2) is 4.40. The molecule has 0 amide bonds. The molecule has 0 saturated carbocycles. The van der Waals surface area contributed by atoms with Crippen LogP contribution in [0.3, 0.4) is 0 Å². The molecule has 0 aromatic heterocycles. The van der Waals surface area contributed by atoms with E-state index in [9.17, 15) is 5.11 Å². The summed E-state index contributed by atoms with van der Waals surface area (Å²) in [6, 6.07) is 0. The molecule has 1 saturated heterocycles. The summed E-state index contributed by atoms with van der Waals surface area (Å²) in [7, 11) is 1.87.